The average Bonchev–Trinajstić information content (AvgIpc) is 3.09. The summed E-state index contributed by atoms with van der Waals surface area (Å²) in [5.74, 6) is -0.0627. The molecule has 3 rings (SSSR count). The van der Waals surface area contributed by atoms with E-state index in [1.54, 1.807) is 30.3 Å². The van der Waals surface area contributed by atoms with Gasteiger partial charge in [-0.1, -0.05) is 17.3 Å². The molecule has 2 aromatic carbocycles. The standard InChI is InChI=1S/C19H18N2O6/c1-24-12-7-8-17(25-2)15(9-12)20-18(22)11-26-19(23)10-14-13-5-3-4-6-16(13)27-21-14/h3-9H,10-11H2,1-2H3,(H,20,22). The summed E-state index contributed by atoms with van der Waals surface area (Å²) >= 11 is 0. The molecule has 1 heterocycles. The summed E-state index contributed by atoms with van der Waals surface area (Å²) in [7, 11) is 3.00. The van der Waals surface area contributed by atoms with Crippen LogP contribution in [-0.2, 0) is 20.7 Å². The van der Waals surface area contributed by atoms with Crippen molar-refractivity contribution in [1.82, 2.24) is 5.16 Å². The van der Waals surface area contributed by atoms with Gasteiger partial charge in [0.05, 0.1) is 26.3 Å². The number of benzene rings is 2. The van der Waals surface area contributed by atoms with Crippen molar-refractivity contribution < 1.29 is 28.3 Å². The Morgan fingerprint density at radius 2 is 1.93 bits per heavy atom. The van der Waals surface area contributed by atoms with Crippen LogP contribution >= 0.6 is 0 Å². The summed E-state index contributed by atoms with van der Waals surface area (Å²) in [6.45, 7) is -0.436. The third-order valence-corrected chi connectivity index (χ3v) is 3.81. The second kappa shape index (κ2) is 8.22. The molecule has 27 heavy (non-hydrogen) atoms. The van der Waals surface area contributed by atoms with Gasteiger partial charge >= 0.3 is 5.97 Å². The number of carbonyl (C=O) groups is 2. The smallest absolute Gasteiger partial charge is 0.312 e. The van der Waals surface area contributed by atoms with Crippen LogP contribution in [0.25, 0.3) is 11.0 Å². The van der Waals surface area contributed by atoms with E-state index in [1.165, 1.54) is 14.2 Å². The number of nitrogens with zero attached hydrogens (tertiary/aromatic N) is 1. The first-order valence-electron chi connectivity index (χ1n) is 8.11. The second-order valence-corrected chi connectivity index (χ2v) is 5.58. The van der Waals surface area contributed by atoms with Crippen LogP contribution in [0.15, 0.2) is 47.0 Å². The molecule has 8 heteroatoms. The number of esters is 1. The normalized spacial score (nSPS) is 10.4. The SMILES string of the molecule is COc1ccc(OC)c(NC(=O)COC(=O)Cc2noc3ccccc23)c1. The van der Waals surface area contributed by atoms with Gasteiger partial charge in [-0.05, 0) is 24.3 Å². The van der Waals surface area contributed by atoms with E-state index in [0.717, 1.165) is 5.39 Å². The van der Waals surface area contributed by atoms with E-state index >= 15 is 0 Å². The lowest BCUT2D eigenvalue weighted by atomic mass is 10.2. The van der Waals surface area contributed by atoms with Crippen LogP contribution in [0.5, 0.6) is 11.5 Å². The lowest BCUT2D eigenvalue weighted by molar-refractivity contribution is -0.146. The molecule has 0 radical (unpaired) electrons. The summed E-state index contributed by atoms with van der Waals surface area (Å²) in [4.78, 5) is 24.1. The van der Waals surface area contributed by atoms with Crippen molar-refractivity contribution in [3.05, 3.63) is 48.2 Å². The van der Waals surface area contributed by atoms with Gasteiger partial charge in [0.2, 0.25) is 0 Å². The summed E-state index contributed by atoms with van der Waals surface area (Å²) in [5.41, 5.74) is 1.47. The maximum absolute atomic E-state index is 12.1. The zero-order valence-electron chi connectivity index (χ0n) is 14.9. The highest BCUT2D eigenvalue weighted by molar-refractivity contribution is 5.94. The van der Waals surface area contributed by atoms with Crippen molar-refractivity contribution in [2.45, 2.75) is 6.42 Å². The minimum atomic E-state index is -0.582. The molecule has 0 fully saturated rings. The molecular weight excluding hydrogens is 352 g/mol. The van der Waals surface area contributed by atoms with Gasteiger partial charge in [0.15, 0.2) is 12.2 Å². The van der Waals surface area contributed by atoms with Crippen LogP contribution in [-0.4, -0.2) is 37.9 Å². The Bertz CT molecular complexity index is 966. The number of fused-ring (bicyclic) bond motifs is 1. The Morgan fingerprint density at radius 3 is 2.70 bits per heavy atom. The van der Waals surface area contributed by atoms with Gasteiger partial charge in [-0.3, -0.25) is 9.59 Å². The lowest BCUT2D eigenvalue weighted by Gasteiger charge is -2.11. The molecule has 0 bridgehead atoms. The fourth-order valence-corrected chi connectivity index (χ4v) is 2.50. The zero-order chi connectivity index (χ0) is 19.2. The van der Waals surface area contributed by atoms with Crippen LogP contribution in [0.4, 0.5) is 5.69 Å². The number of methoxy groups -OCH3 is 2. The van der Waals surface area contributed by atoms with Crippen molar-refractivity contribution in [2.75, 3.05) is 26.1 Å². The fourth-order valence-electron chi connectivity index (χ4n) is 2.50. The molecule has 0 aliphatic heterocycles. The number of ether oxygens (including phenoxy) is 3. The van der Waals surface area contributed by atoms with Crippen molar-refractivity contribution in [1.29, 1.82) is 0 Å². The van der Waals surface area contributed by atoms with Crippen molar-refractivity contribution in [3.63, 3.8) is 0 Å². The summed E-state index contributed by atoms with van der Waals surface area (Å²) in [5, 5.41) is 7.23. The minimum absolute atomic E-state index is 0.0905. The highest BCUT2D eigenvalue weighted by Gasteiger charge is 2.15. The van der Waals surface area contributed by atoms with Crippen LogP contribution < -0.4 is 14.8 Å². The molecule has 0 unspecified atom stereocenters. The van der Waals surface area contributed by atoms with Gasteiger partial charge in [0.1, 0.15) is 17.2 Å². The van der Waals surface area contributed by atoms with E-state index in [9.17, 15) is 9.59 Å². The molecule has 3 aromatic rings. The molecular formula is C19H18N2O6. The van der Waals surface area contributed by atoms with Crippen molar-refractivity contribution >= 4 is 28.5 Å². The maximum Gasteiger partial charge on any atom is 0.312 e. The van der Waals surface area contributed by atoms with Crippen molar-refractivity contribution in [2.24, 2.45) is 0 Å². The monoisotopic (exact) mass is 370 g/mol. The molecule has 0 saturated carbocycles. The average molecular weight is 370 g/mol. The van der Waals surface area contributed by atoms with Gasteiger partial charge in [-0.15, -0.1) is 0 Å². The molecule has 140 valence electrons. The number of rotatable bonds is 7. The van der Waals surface area contributed by atoms with E-state index in [4.69, 9.17) is 18.7 Å². The molecule has 0 aliphatic carbocycles. The Balaban J connectivity index is 1.57. The van der Waals surface area contributed by atoms with E-state index in [1.807, 2.05) is 12.1 Å². The largest absolute Gasteiger partial charge is 0.497 e. The number of hydrogen-bond donors (Lipinski definition) is 1. The molecule has 1 amide bonds. The molecule has 8 nitrogen and oxygen atoms in total. The third-order valence-electron chi connectivity index (χ3n) is 3.81. The Hall–Kier alpha value is -3.55. The number of amides is 1. The number of aromatic nitrogens is 1. The van der Waals surface area contributed by atoms with Crippen LogP contribution in [0.1, 0.15) is 5.69 Å². The summed E-state index contributed by atoms with van der Waals surface area (Å²) < 4.78 is 20.5. The molecule has 0 aliphatic rings. The zero-order valence-corrected chi connectivity index (χ0v) is 14.9. The molecule has 0 saturated heterocycles. The Labute approximate surface area is 155 Å². The Kier molecular flexibility index (Phi) is 5.55. The quantitative estimate of drug-likeness (QED) is 0.638. The number of anilines is 1. The number of carbonyl (C=O) groups excluding carboxylic acids is 2. The summed E-state index contributed by atoms with van der Waals surface area (Å²) in [6, 6.07) is 12.2. The van der Waals surface area contributed by atoms with E-state index in [0.29, 0.717) is 28.5 Å². The highest BCUT2D eigenvalue weighted by Crippen LogP contribution is 2.28. The fraction of sp³-hybridized carbons (Fsp3) is 0.211. The van der Waals surface area contributed by atoms with E-state index in [2.05, 4.69) is 10.5 Å². The third kappa shape index (κ3) is 4.35. The minimum Gasteiger partial charge on any atom is -0.497 e. The topological polar surface area (TPSA) is 99.9 Å². The predicted octanol–water partition coefficient (Wildman–Crippen LogP) is 2.57. The number of para-hydroxylation sites is 1. The van der Waals surface area contributed by atoms with Crippen molar-refractivity contribution in [3.8, 4) is 11.5 Å². The Morgan fingerprint density at radius 1 is 1.11 bits per heavy atom. The van der Waals surface area contributed by atoms with Crippen LogP contribution in [0.3, 0.4) is 0 Å². The van der Waals surface area contributed by atoms with Crippen LogP contribution in [0.2, 0.25) is 0 Å². The highest BCUT2D eigenvalue weighted by atomic mass is 16.5. The van der Waals surface area contributed by atoms with E-state index < -0.39 is 18.5 Å². The van der Waals surface area contributed by atoms with Gasteiger partial charge < -0.3 is 24.1 Å². The van der Waals surface area contributed by atoms with Gasteiger partial charge in [0, 0.05) is 11.5 Å². The molecule has 0 atom stereocenters. The first kappa shape index (κ1) is 18.2. The molecule has 1 N–H and O–H groups in total. The summed E-state index contributed by atoms with van der Waals surface area (Å²) in [6.07, 6.45) is -0.0905. The van der Waals surface area contributed by atoms with E-state index in [-0.39, 0.29) is 6.42 Å². The maximum atomic E-state index is 12.1. The van der Waals surface area contributed by atoms with Gasteiger partial charge in [0.25, 0.3) is 5.91 Å². The van der Waals surface area contributed by atoms with Gasteiger partial charge in [-0.2, -0.15) is 0 Å². The first-order chi connectivity index (χ1) is 13.1. The second-order valence-electron chi connectivity index (χ2n) is 5.58. The van der Waals surface area contributed by atoms with Crippen LogP contribution in [0, 0.1) is 0 Å². The lowest BCUT2D eigenvalue weighted by Crippen LogP contribution is -2.22. The number of nitrogens with one attached hydrogen (secondary N) is 1. The number of hydrogen-bond acceptors (Lipinski definition) is 7. The first-order valence-corrected chi connectivity index (χ1v) is 8.11. The molecule has 1 aromatic heterocycles. The van der Waals surface area contributed by atoms with Gasteiger partial charge in [-0.25, -0.2) is 0 Å². The molecule has 0 spiro atoms. The predicted molar refractivity (Wildman–Crippen MR) is 96.8 cm³/mol.